The van der Waals surface area contributed by atoms with Crippen LogP contribution in [0.4, 0.5) is 13.2 Å². The lowest BCUT2D eigenvalue weighted by atomic mass is 10.2. The molecule has 5 heteroatoms. The standard InChI is InChI=1S/C12H10ClF3O/c13-7-2-4-10-3-1-5-11(9-10)17-8-6-12(14,15)16/h1,3,5,9H,6-8H2. The summed E-state index contributed by atoms with van der Waals surface area (Å²) in [6.07, 6.45) is -5.17. The molecule has 0 N–H and O–H groups in total. The van der Waals surface area contributed by atoms with Crippen molar-refractivity contribution in [3.63, 3.8) is 0 Å². The first-order valence-corrected chi connectivity index (χ1v) is 5.39. The van der Waals surface area contributed by atoms with Crippen LogP contribution in [0.5, 0.6) is 5.75 Å². The van der Waals surface area contributed by atoms with E-state index in [1.54, 1.807) is 24.3 Å². The molecule has 0 saturated carbocycles. The highest BCUT2D eigenvalue weighted by atomic mass is 35.5. The third-order valence-corrected chi connectivity index (χ3v) is 1.92. The zero-order chi connectivity index (χ0) is 12.7. The molecule has 1 nitrogen and oxygen atoms in total. The fourth-order valence-corrected chi connectivity index (χ4v) is 1.15. The van der Waals surface area contributed by atoms with Crippen molar-refractivity contribution in [2.45, 2.75) is 12.6 Å². The third-order valence-electron chi connectivity index (χ3n) is 1.79. The molecule has 1 rings (SSSR count). The molecule has 0 aromatic heterocycles. The van der Waals surface area contributed by atoms with E-state index in [1.165, 1.54) is 0 Å². The van der Waals surface area contributed by atoms with Crippen molar-refractivity contribution in [1.29, 1.82) is 0 Å². The van der Waals surface area contributed by atoms with E-state index in [2.05, 4.69) is 11.8 Å². The summed E-state index contributed by atoms with van der Waals surface area (Å²) in [7, 11) is 0. The monoisotopic (exact) mass is 262 g/mol. The van der Waals surface area contributed by atoms with Crippen LogP contribution in [-0.4, -0.2) is 18.7 Å². The van der Waals surface area contributed by atoms with Crippen LogP contribution >= 0.6 is 11.6 Å². The minimum absolute atomic E-state index is 0.207. The van der Waals surface area contributed by atoms with Crippen LogP contribution in [0.15, 0.2) is 24.3 Å². The number of ether oxygens (including phenoxy) is 1. The first-order chi connectivity index (χ1) is 8.01. The lowest BCUT2D eigenvalue weighted by Gasteiger charge is -2.08. The van der Waals surface area contributed by atoms with E-state index >= 15 is 0 Å². The van der Waals surface area contributed by atoms with E-state index in [1.807, 2.05) is 0 Å². The van der Waals surface area contributed by atoms with E-state index in [-0.39, 0.29) is 5.88 Å². The Morgan fingerprint density at radius 2 is 2.06 bits per heavy atom. The van der Waals surface area contributed by atoms with Crippen molar-refractivity contribution in [2.75, 3.05) is 12.5 Å². The molecule has 0 spiro atoms. The lowest BCUT2D eigenvalue weighted by molar-refractivity contribution is -0.139. The van der Waals surface area contributed by atoms with E-state index < -0.39 is 19.2 Å². The van der Waals surface area contributed by atoms with Gasteiger partial charge in [-0.2, -0.15) is 13.2 Å². The van der Waals surface area contributed by atoms with Gasteiger partial charge in [-0.1, -0.05) is 17.9 Å². The minimum Gasteiger partial charge on any atom is -0.493 e. The maximum Gasteiger partial charge on any atom is 0.392 e. The van der Waals surface area contributed by atoms with Crippen molar-refractivity contribution >= 4 is 11.6 Å². The molecule has 0 aliphatic heterocycles. The number of alkyl halides is 4. The van der Waals surface area contributed by atoms with Crippen molar-refractivity contribution in [1.82, 2.24) is 0 Å². The molecule has 0 atom stereocenters. The molecule has 17 heavy (non-hydrogen) atoms. The first-order valence-electron chi connectivity index (χ1n) is 4.86. The summed E-state index contributed by atoms with van der Waals surface area (Å²) in [6, 6.07) is 6.56. The molecule has 0 bridgehead atoms. The molecule has 0 radical (unpaired) electrons. The quantitative estimate of drug-likeness (QED) is 0.597. The second-order valence-electron chi connectivity index (χ2n) is 3.18. The molecule has 0 amide bonds. The van der Waals surface area contributed by atoms with Gasteiger partial charge in [-0.25, -0.2) is 0 Å². The third kappa shape index (κ3) is 6.08. The van der Waals surface area contributed by atoms with E-state index in [0.29, 0.717) is 11.3 Å². The van der Waals surface area contributed by atoms with Gasteiger partial charge >= 0.3 is 6.18 Å². The molecule has 1 aromatic rings. The van der Waals surface area contributed by atoms with E-state index in [4.69, 9.17) is 16.3 Å². The summed E-state index contributed by atoms with van der Waals surface area (Å²) in [4.78, 5) is 0. The van der Waals surface area contributed by atoms with Crippen LogP contribution in [0.3, 0.4) is 0 Å². The Hall–Kier alpha value is -1.34. The van der Waals surface area contributed by atoms with Crippen LogP contribution in [0.1, 0.15) is 12.0 Å². The molecule has 0 heterocycles. The van der Waals surface area contributed by atoms with Gasteiger partial charge in [0.2, 0.25) is 0 Å². The Morgan fingerprint density at radius 3 is 2.71 bits per heavy atom. The van der Waals surface area contributed by atoms with Gasteiger partial charge in [0.1, 0.15) is 5.75 Å². The first kappa shape index (κ1) is 13.7. The van der Waals surface area contributed by atoms with Gasteiger partial charge in [0, 0.05) is 5.56 Å². The fraction of sp³-hybridized carbons (Fsp3) is 0.333. The topological polar surface area (TPSA) is 9.23 Å². The largest absolute Gasteiger partial charge is 0.493 e. The number of benzene rings is 1. The van der Waals surface area contributed by atoms with Gasteiger partial charge in [-0.3, -0.25) is 0 Å². The normalized spacial score (nSPS) is 10.6. The Balaban J connectivity index is 2.54. The molecular formula is C12H10ClF3O. The molecule has 92 valence electrons. The van der Waals surface area contributed by atoms with Crippen molar-refractivity contribution < 1.29 is 17.9 Å². The summed E-state index contributed by atoms with van der Waals surface area (Å²) in [5.41, 5.74) is 0.662. The SMILES string of the molecule is FC(F)(F)CCOc1cccc(C#CCCl)c1. The van der Waals surface area contributed by atoms with Gasteiger partial charge in [-0.05, 0) is 18.2 Å². The van der Waals surface area contributed by atoms with Crippen LogP contribution in [0, 0.1) is 11.8 Å². The summed E-state index contributed by atoms with van der Waals surface area (Å²) in [5, 5.41) is 0. The molecule has 0 fully saturated rings. The van der Waals surface area contributed by atoms with Crippen LogP contribution in [0.2, 0.25) is 0 Å². The predicted molar refractivity (Wildman–Crippen MR) is 60.2 cm³/mol. The van der Waals surface area contributed by atoms with Gasteiger partial charge in [-0.15, -0.1) is 11.6 Å². The predicted octanol–water partition coefficient (Wildman–Crippen LogP) is 3.61. The average Bonchev–Trinajstić information content (AvgIpc) is 2.25. The Kier molecular flexibility index (Phi) is 5.17. The van der Waals surface area contributed by atoms with Gasteiger partial charge in [0.15, 0.2) is 0 Å². The Morgan fingerprint density at radius 1 is 1.29 bits per heavy atom. The number of hydrogen-bond donors (Lipinski definition) is 0. The Labute approximate surface area is 103 Å². The van der Waals surface area contributed by atoms with Crippen molar-refractivity contribution in [3.8, 4) is 17.6 Å². The van der Waals surface area contributed by atoms with Crippen molar-refractivity contribution in [2.24, 2.45) is 0 Å². The average molecular weight is 263 g/mol. The number of halogens is 4. The van der Waals surface area contributed by atoms with Crippen molar-refractivity contribution in [3.05, 3.63) is 29.8 Å². The zero-order valence-corrected chi connectivity index (χ0v) is 9.61. The highest BCUT2D eigenvalue weighted by molar-refractivity contribution is 6.19. The Bertz CT molecular complexity index is 418. The summed E-state index contributed by atoms with van der Waals surface area (Å²) in [5.74, 6) is 5.99. The summed E-state index contributed by atoms with van der Waals surface area (Å²) in [6.45, 7) is -0.393. The highest BCUT2D eigenvalue weighted by Crippen LogP contribution is 2.20. The van der Waals surface area contributed by atoms with Crippen LogP contribution < -0.4 is 4.74 Å². The molecule has 0 aliphatic carbocycles. The molecule has 1 aromatic carbocycles. The van der Waals surface area contributed by atoms with E-state index in [9.17, 15) is 13.2 Å². The molecule has 0 saturated heterocycles. The second-order valence-corrected chi connectivity index (χ2v) is 3.44. The lowest BCUT2D eigenvalue weighted by Crippen LogP contribution is -2.12. The molecule has 0 aliphatic rings. The number of rotatable bonds is 3. The van der Waals surface area contributed by atoms with Gasteiger partial charge in [0.25, 0.3) is 0 Å². The second kappa shape index (κ2) is 6.41. The highest BCUT2D eigenvalue weighted by Gasteiger charge is 2.26. The smallest absolute Gasteiger partial charge is 0.392 e. The van der Waals surface area contributed by atoms with Crippen LogP contribution in [-0.2, 0) is 0 Å². The fourth-order valence-electron chi connectivity index (χ4n) is 1.08. The summed E-state index contributed by atoms with van der Waals surface area (Å²) < 4.78 is 40.6. The van der Waals surface area contributed by atoms with Gasteiger partial charge < -0.3 is 4.74 Å². The molecule has 0 unspecified atom stereocenters. The van der Waals surface area contributed by atoms with Crippen LogP contribution in [0.25, 0.3) is 0 Å². The summed E-state index contributed by atoms with van der Waals surface area (Å²) >= 11 is 5.40. The molecular weight excluding hydrogens is 253 g/mol. The van der Waals surface area contributed by atoms with Gasteiger partial charge in [0.05, 0.1) is 18.9 Å². The minimum atomic E-state index is -4.20. The zero-order valence-electron chi connectivity index (χ0n) is 8.85. The van der Waals surface area contributed by atoms with E-state index in [0.717, 1.165) is 0 Å². The maximum absolute atomic E-state index is 11.9. The number of hydrogen-bond acceptors (Lipinski definition) is 1. The maximum atomic E-state index is 11.9.